The monoisotopic (exact) mass is 251 g/mol. The lowest BCUT2D eigenvalue weighted by atomic mass is 9.91. The molecule has 96 valence electrons. The van der Waals surface area contributed by atoms with Gasteiger partial charge >= 0.3 is 0 Å². The minimum Gasteiger partial charge on any atom is -0.365 e. The Bertz CT molecular complexity index is 577. The predicted molar refractivity (Wildman–Crippen MR) is 77.2 cm³/mol. The van der Waals surface area contributed by atoms with Crippen molar-refractivity contribution in [2.45, 2.75) is 25.0 Å². The molecule has 2 aromatic rings. The highest BCUT2D eigenvalue weighted by atomic mass is 16.3. The van der Waals surface area contributed by atoms with E-state index in [1.807, 2.05) is 48.5 Å². The van der Waals surface area contributed by atoms with Gasteiger partial charge in [0.1, 0.15) is 0 Å². The van der Waals surface area contributed by atoms with E-state index in [0.29, 0.717) is 6.42 Å². The van der Waals surface area contributed by atoms with Crippen LogP contribution in [-0.2, 0) is 5.72 Å². The fraction of sp³-hybridized carbons (Fsp3) is 0.235. The molecule has 0 radical (unpaired) electrons. The SMILES string of the molecule is OC1(c2ccccc2)CCCC(c2ccccc2)=N1. The number of benzene rings is 2. The zero-order valence-electron chi connectivity index (χ0n) is 10.8. The molecule has 1 N–H and O–H groups in total. The van der Waals surface area contributed by atoms with Gasteiger partial charge in [-0.2, -0.15) is 0 Å². The van der Waals surface area contributed by atoms with Gasteiger partial charge in [0.2, 0.25) is 0 Å². The summed E-state index contributed by atoms with van der Waals surface area (Å²) in [5, 5.41) is 10.8. The van der Waals surface area contributed by atoms with Crippen molar-refractivity contribution >= 4 is 5.71 Å². The van der Waals surface area contributed by atoms with Crippen LogP contribution in [0.5, 0.6) is 0 Å². The first kappa shape index (κ1) is 12.1. The lowest BCUT2D eigenvalue weighted by Crippen LogP contribution is -2.29. The van der Waals surface area contributed by atoms with E-state index in [0.717, 1.165) is 29.7 Å². The molecular weight excluding hydrogens is 234 g/mol. The van der Waals surface area contributed by atoms with Crippen molar-refractivity contribution in [1.29, 1.82) is 0 Å². The summed E-state index contributed by atoms with van der Waals surface area (Å²) in [7, 11) is 0. The fourth-order valence-electron chi connectivity index (χ4n) is 2.59. The highest BCUT2D eigenvalue weighted by Gasteiger charge is 2.31. The Morgan fingerprint density at radius 2 is 1.53 bits per heavy atom. The molecule has 0 saturated carbocycles. The third-order valence-corrected chi connectivity index (χ3v) is 3.60. The van der Waals surface area contributed by atoms with Crippen molar-refractivity contribution in [3.8, 4) is 0 Å². The molecule has 0 aliphatic carbocycles. The van der Waals surface area contributed by atoms with Gasteiger partial charge in [-0.15, -0.1) is 0 Å². The summed E-state index contributed by atoms with van der Waals surface area (Å²) in [4.78, 5) is 4.63. The molecule has 3 rings (SSSR count). The maximum atomic E-state index is 10.8. The maximum absolute atomic E-state index is 10.8. The molecule has 2 aromatic carbocycles. The van der Waals surface area contributed by atoms with Crippen molar-refractivity contribution < 1.29 is 5.11 Å². The molecule has 0 saturated heterocycles. The Hall–Kier alpha value is -1.93. The van der Waals surface area contributed by atoms with Gasteiger partial charge in [0, 0.05) is 17.7 Å². The first-order valence-corrected chi connectivity index (χ1v) is 6.70. The van der Waals surface area contributed by atoms with Crippen LogP contribution in [-0.4, -0.2) is 10.8 Å². The van der Waals surface area contributed by atoms with E-state index in [2.05, 4.69) is 17.1 Å². The molecule has 0 spiro atoms. The van der Waals surface area contributed by atoms with Crippen LogP contribution in [0.25, 0.3) is 0 Å². The molecule has 1 aliphatic rings. The van der Waals surface area contributed by atoms with E-state index < -0.39 is 5.72 Å². The summed E-state index contributed by atoms with van der Waals surface area (Å²) in [6.45, 7) is 0. The second kappa shape index (κ2) is 4.98. The molecule has 0 bridgehead atoms. The van der Waals surface area contributed by atoms with Crippen LogP contribution in [0.3, 0.4) is 0 Å². The minimum absolute atomic E-state index is 0.688. The molecule has 2 heteroatoms. The molecule has 0 aromatic heterocycles. The molecule has 1 aliphatic heterocycles. The van der Waals surface area contributed by atoms with E-state index in [1.165, 1.54) is 0 Å². The summed E-state index contributed by atoms with van der Waals surface area (Å²) in [6, 6.07) is 19.8. The van der Waals surface area contributed by atoms with E-state index >= 15 is 0 Å². The van der Waals surface area contributed by atoms with Crippen LogP contribution < -0.4 is 0 Å². The van der Waals surface area contributed by atoms with Gasteiger partial charge in [0.25, 0.3) is 0 Å². The van der Waals surface area contributed by atoms with Crippen LogP contribution in [0.15, 0.2) is 65.7 Å². The van der Waals surface area contributed by atoms with Gasteiger partial charge in [-0.05, 0) is 18.4 Å². The number of rotatable bonds is 2. The Morgan fingerprint density at radius 1 is 0.895 bits per heavy atom. The van der Waals surface area contributed by atoms with Gasteiger partial charge in [0.15, 0.2) is 5.72 Å². The number of nitrogens with zero attached hydrogens (tertiary/aromatic N) is 1. The molecule has 1 atom stereocenters. The van der Waals surface area contributed by atoms with Crippen molar-refractivity contribution in [1.82, 2.24) is 0 Å². The lowest BCUT2D eigenvalue weighted by molar-refractivity contribution is 0.0310. The summed E-state index contributed by atoms with van der Waals surface area (Å²) < 4.78 is 0. The van der Waals surface area contributed by atoms with E-state index in [9.17, 15) is 5.11 Å². The summed E-state index contributed by atoms with van der Waals surface area (Å²) >= 11 is 0. The maximum Gasteiger partial charge on any atom is 0.182 e. The summed E-state index contributed by atoms with van der Waals surface area (Å²) in [6.07, 6.45) is 2.58. The third kappa shape index (κ3) is 2.45. The van der Waals surface area contributed by atoms with Crippen molar-refractivity contribution in [2.24, 2.45) is 4.99 Å². The van der Waals surface area contributed by atoms with Crippen molar-refractivity contribution in [2.75, 3.05) is 0 Å². The average molecular weight is 251 g/mol. The topological polar surface area (TPSA) is 32.6 Å². The normalized spacial score (nSPS) is 22.9. The van der Waals surface area contributed by atoms with Crippen molar-refractivity contribution in [3.63, 3.8) is 0 Å². The average Bonchev–Trinajstić information content (AvgIpc) is 2.49. The molecule has 1 unspecified atom stereocenters. The van der Waals surface area contributed by atoms with E-state index in [1.54, 1.807) is 0 Å². The molecular formula is C17H17NO. The highest BCUT2D eigenvalue weighted by molar-refractivity contribution is 6.01. The standard InChI is InChI=1S/C17H17NO/c19-17(15-10-5-2-6-11-15)13-7-12-16(18-17)14-8-3-1-4-9-14/h1-6,8-11,19H,7,12-13H2. The molecule has 2 nitrogen and oxygen atoms in total. The Balaban J connectivity index is 2.00. The van der Waals surface area contributed by atoms with E-state index in [4.69, 9.17) is 0 Å². The van der Waals surface area contributed by atoms with Gasteiger partial charge in [0.05, 0.1) is 0 Å². The quantitative estimate of drug-likeness (QED) is 0.870. The van der Waals surface area contributed by atoms with Gasteiger partial charge < -0.3 is 5.11 Å². The fourth-order valence-corrected chi connectivity index (χ4v) is 2.59. The first-order chi connectivity index (χ1) is 9.28. The molecule has 1 heterocycles. The van der Waals surface area contributed by atoms with Crippen LogP contribution in [0, 0.1) is 0 Å². The number of hydrogen-bond acceptors (Lipinski definition) is 2. The molecule has 0 fully saturated rings. The largest absolute Gasteiger partial charge is 0.365 e. The van der Waals surface area contributed by atoms with Crippen LogP contribution >= 0.6 is 0 Å². The van der Waals surface area contributed by atoms with E-state index in [-0.39, 0.29) is 0 Å². The third-order valence-electron chi connectivity index (χ3n) is 3.60. The van der Waals surface area contributed by atoms with Gasteiger partial charge in [-0.1, -0.05) is 60.7 Å². The Kier molecular flexibility index (Phi) is 3.18. The summed E-state index contributed by atoms with van der Waals surface area (Å²) in [5.74, 6) is 0. The van der Waals surface area contributed by atoms with Crippen molar-refractivity contribution in [3.05, 3.63) is 71.8 Å². The zero-order chi connectivity index (χ0) is 13.1. The molecule has 0 amide bonds. The number of aliphatic hydroxyl groups is 1. The van der Waals surface area contributed by atoms with Gasteiger partial charge in [-0.25, -0.2) is 0 Å². The second-order valence-electron chi connectivity index (χ2n) is 4.96. The molecule has 19 heavy (non-hydrogen) atoms. The minimum atomic E-state index is -1.06. The van der Waals surface area contributed by atoms with Crippen LogP contribution in [0.2, 0.25) is 0 Å². The van der Waals surface area contributed by atoms with Crippen LogP contribution in [0.1, 0.15) is 30.4 Å². The van der Waals surface area contributed by atoms with Gasteiger partial charge in [-0.3, -0.25) is 4.99 Å². The Labute approximate surface area is 113 Å². The number of aliphatic imine (C=N–C) groups is 1. The predicted octanol–water partition coefficient (Wildman–Crippen LogP) is 3.50. The summed E-state index contributed by atoms with van der Waals surface area (Å²) in [5.41, 5.74) is 1.92. The zero-order valence-corrected chi connectivity index (χ0v) is 10.8. The smallest absolute Gasteiger partial charge is 0.182 e. The first-order valence-electron chi connectivity index (χ1n) is 6.70. The second-order valence-corrected chi connectivity index (χ2v) is 4.96. The number of hydrogen-bond donors (Lipinski definition) is 1. The highest BCUT2D eigenvalue weighted by Crippen LogP contribution is 2.33. The lowest BCUT2D eigenvalue weighted by Gasteiger charge is -2.29. The van der Waals surface area contributed by atoms with Crippen LogP contribution in [0.4, 0.5) is 0 Å². The Morgan fingerprint density at radius 3 is 2.21 bits per heavy atom.